The number of amides is 1. The summed E-state index contributed by atoms with van der Waals surface area (Å²) in [6.45, 7) is 2.13. The molecule has 0 aliphatic carbocycles. The van der Waals surface area contributed by atoms with Gasteiger partial charge in [-0.1, -0.05) is 0 Å². The van der Waals surface area contributed by atoms with Gasteiger partial charge in [-0.2, -0.15) is 0 Å². The van der Waals surface area contributed by atoms with Crippen LogP contribution in [0.15, 0.2) is 36.7 Å². The molecule has 3 N–H and O–H groups in total. The molecule has 2 heterocycles. The number of carbonyl (C=O) groups excluding carboxylic acids is 1. The van der Waals surface area contributed by atoms with E-state index in [-0.39, 0.29) is 30.7 Å². The fraction of sp³-hybridized carbons (Fsp3) is 0.375. The Labute approximate surface area is 148 Å². The molecule has 126 valence electrons. The van der Waals surface area contributed by atoms with E-state index >= 15 is 0 Å². The van der Waals surface area contributed by atoms with E-state index in [0.717, 1.165) is 36.6 Å². The molecule has 3 rings (SSSR count). The minimum absolute atomic E-state index is 0. The monoisotopic (exact) mass is 356 g/mol. The van der Waals surface area contributed by atoms with Gasteiger partial charge in [0, 0.05) is 30.1 Å². The summed E-state index contributed by atoms with van der Waals surface area (Å²) in [4.78, 5) is 19.2. The zero-order valence-corrected chi connectivity index (χ0v) is 14.4. The van der Waals surface area contributed by atoms with Gasteiger partial charge in [0.1, 0.15) is 5.82 Å². The van der Waals surface area contributed by atoms with Crippen LogP contribution in [0.4, 0.5) is 5.69 Å². The molecule has 0 radical (unpaired) electrons. The maximum Gasteiger partial charge on any atom is 0.224 e. The van der Waals surface area contributed by atoms with Crippen molar-refractivity contribution in [2.24, 2.45) is 5.92 Å². The third-order valence-corrected chi connectivity index (χ3v) is 3.88. The Morgan fingerprint density at radius 2 is 2.04 bits per heavy atom. The average Bonchev–Trinajstić information content (AvgIpc) is 3.19. The predicted molar refractivity (Wildman–Crippen MR) is 97.4 cm³/mol. The number of nitrogens with one attached hydrogen (secondary N) is 3. The lowest BCUT2D eigenvalue weighted by Gasteiger charge is -2.09. The van der Waals surface area contributed by atoms with E-state index in [1.165, 1.54) is 6.42 Å². The summed E-state index contributed by atoms with van der Waals surface area (Å²) in [7, 11) is 0. The first-order chi connectivity index (χ1) is 10.3. The van der Waals surface area contributed by atoms with Crippen LogP contribution in [0.25, 0.3) is 11.4 Å². The quantitative estimate of drug-likeness (QED) is 0.769. The molecular formula is C16H22Cl2N4O. The van der Waals surface area contributed by atoms with Gasteiger partial charge in [0.05, 0.1) is 0 Å². The first kappa shape index (κ1) is 19.5. The Balaban J connectivity index is 0.00000132. The SMILES string of the molecule is Cl.Cl.O=C(CCC1CCNC1)Nc1ccc(-c2ncc[nH]2)cc1. The second-order valence-corrected chi connectivity index (χ2v) is 5.46. The highest BCUT2D eigenvalue weighted by molar-refractivity contribution is 5.90. The number of imidazole rings is 1. The van der Waals surface area contributed by atoms with Crippen molar-refractivity contribution in [1.29, 1.82) is 0 Å². The molecule has 1 unspecified atom stereocenters. The van der Waals surface area contributed by atoms with Crippen molar-refractivity contribution >= 4 is 36.4 Å². The lowest BCUT2D eigenvalue weighted by atomic mass is 10.0. The van der Waals surface area contributed by atoms with Crippen LogP contribution < -0.4 is 10.6 Å². The molecule has 1 saturated heterocycles. The molecule has 0 spiro atoms. The van der Waals surface area contributed by atoms with Crippen molar-refractivity contribution in [3.63, 3.8) is 0 Å². The normalized spacial score (nSPS) is 16.3. The fourth-order valence-electron chi connectivity index (χ4n) is 2.65. The molecule has 1 fully saturated rings. The van der Waals surface area contributed by atoms with Crippen molar-refractivity contribution in [1.82, 2.24) is 15.3 Å². The zero-order valence-electron chi connectivity index (χ0n) is 12.7. The number of benzene rings is 1. The molecule has 2 aromatic rings. The summed E-state index contributed by atoms with van der Waals surface area (Å²) in [5, 5.41) is 6.27. The van der Waals surface area contributed by atoms with Crippen LogP contribution in [-0.4, -0.2) is 29.0 Å². The molecule has 0 saturated carbocycles. The Hall–Kier alpha value is -1.56. The zero-order chi connectivity index (χ0) is 14.5. The Kier molecular flexibility index (Phi) is 8.09. The summed E-state index contributed by atoms with van der Waals surface area (Å²) in [6, 6.07) is 7.73. The van der Waals surface area contributed by atoms with E-state index in [0.29, 0.717) is 12.3 Å². The Bertz CT molecular complexity index is 581. The van der Waals surface area contributed by atoms with E-state index in [9.17, 15) is 4.79 Å². The van der Waals surface area contributed by atoms with Gasteiger partial charge in [-0.05, 0) is 56.1 Å². The number of aromatic amines is 1. The van der Waals surface area contributed by atoms with Gasteiger partial charge in [-0.3, -0.25) is 4.79 Å². The number of halogens is 2. The predicted octanol–water partition coefficient (Wildman–Crippen LogP) is 3.25. The fourth-order valence-corrected chi connectivity index (χ4v) is 2.65. The molecule has 7 heteroatoms. The largest absolute Gasteiger partial charge is 0.345 e. The highest BCUT2D eigenvalue weighted by atomic mass is 35.5. The van der Waals surface area contributed by atoms with Gasteiger partial charge in [0.2, 0.25) is 5.91 Å². The molecule has 23 heavy (non-hydrogen) atoms. The minimum Gasteiger partial charge on any atom is -0.345 e. The van der Waals surface area contributed by atoms with E-state index in [2.05, 4.69) is 20.6 Å². The Morgan fingerprint density at radius 1 is 1.26 bits per heavy atom. The molecule has 1 aromatic heterocycles. The summed E-state index contributed by atoms with van der Waals surface area (Å²) >= 11 is 0. The topological polar surface area (TPSA) is 69.8 Å². The highest BCUT2D eigenvalue weighted by Gasteiger charge is 2.15. The van der Waals surface area contributed by atoms with Gasteiger partial charge in [-0.15, -0.1) is 24.8 Å². The van der Waals surface area contributed by atoms with Gasteiger partial charge in [0.15, 0.2) is 0 Å². The third-order valence-electron chi connectivity index (χ3n) is 3.88. The van der Waals surface area contributed by atoms with E-state index < -0.39 is 0 Å². The molecule has 1 amide bonds. The van der Waals surface area contributed by atoms with Gasteiger partial charge >= 0.3 is 0 Å². The standard InChI is InChI=1S/C16H20N4O.2ClH/c21-15(6-1-12-7-8-17-11-12)20-14-4-2-13(3-5-14)16-18-9-10-19-16;;/h2-5,9-10,12,17H,1,6-8,11H2,(H,18,19)(H,20,21);2*1H. The van der Waals surface area contributed by atoms with Crippen LogP contribution in [0.1, 0.15) is 19.3 Å². The first-order valence-corrected chi connectivity index (χ1v) is 7.41. The number of nitrogens with zero attached hydrogens (tertiary/aromatic N) is 1. The molecule has 1 aromatic carbocycles. The number of H-pyrrole nitrogens is 1. The first-order valence-electron chi connectivity index (χ1n) is 7.41. The number of carbonyl (C=O) groups is 1. The number of hydrogen-bond donors (Lipinski definition) is 3. The maximum absolute atomic E-state index is 11.9. The average molecular weight is 357 g/mol. The molecule has 1 atom stereocenters. The van der Waals surface area contributed by atoms with Crippen LogP contribution >= 0.6 is 24.8 Å². The maximum atomic E-state index is 11.9. The summed E-state index contributed by atoms with van der Waals surface area (Å²) in [5.74, 6) is 1.58. The van der Waals surface area contributed by atoms with Crippen molar-refractivity contribution in [3.8, 4) is 11.4 Å². The van der Waals surface area contributed by atoms with E-state index in [4.69, 9.17) is 0 Å². The number of anilines is 1. The molecule has 1 aliphatic rings. The van der Waals surface area contributed by atoms with Gasteiger partial charge in [0.25, 0.3) is 0 Å². The van der Waals surface area contributed by atoms with Crippen LogP contribution in [-0.2, 0) is 4.79 Å². The van der Waals surface area contributed by atoms with Crippen molar-refractivity contribution in [2.75, 3.05) is 18.4 Å². The number of hydrogen-bond acceptors (Lipinski definition) is 3. The summed E-state index contributed by atoms with van der Waals surface area (Å²) in [5.41, 5.74) is 1.84. The van der Waals surface area contributed by atoms with Crippen molar-refractivity contribution in [3.05, 3.63) is 36.7 Å². The van der Waals surface area contributed by atoms with E-state index in [1.54, 1.807) is 12.4 Å². The third kappa shape index (κ3) is 5.53. The molecular weight excluding hydrogens is 335 g/mol. The summed E-state index contributed by atoms with van der Waals surface area (Å²) < 4.78 is 0. The second kappa shape index (κ2) is 9.55. The van der Waals surface area contributed by atoms with Gasteiger partial charge < -0.3 is 15.6 Å². The molecule has 1 aliphatic heterocycles. The minimum atomic E-state index is 0. The molecule has 0 bridgehead atoms. The highest BCUT2D eigenvalue weighted by Crippen LogP contribution is 2.19. The smallest absolute Gasteiger partial charge is 0.224 e. The Morgan fingerprint density at radius 3 is 2.65 bits per heavy atom. The summed E-state index contributed by atoms with van der Waals surface area (Å²) in [6.07, 6.45) is 6.26. The van der Waals surface area contributed by atoms with Gasteiger partial charge in [-0.25, -0.2) is 4.98 Å². The second-order valence-electron chi connectivity index (χ2n) is 5.46. The van der Waals surface area contributed by atoms with Crippen molar-refractivity contribution < 1.29 is 4.79 Å². The van der Waals surface area contributed by atoms with Crippen LogP contribution in [0.2, 0.25) is 0 Å². The number of rotatable bonds is 5. The number of aromatic nitrogens is 2. The van der Waals surface area contributed by atoms with Crippen molar-refractivity contribution in [2.45, 2.75) is 19.3 Å². The molecule has 5 nitrogen and oxygen atoms in total. The lowest BCUT2D eigenvalue weighted by molar-refractivity contribution is -0.116. The van der Waals surface area contributed by atoms with Crippen LogP contribution in [0.5, 0.6) is 0 Å². The van der Waals surface area contributed by atoms with E-state index in [1.807, 2.05) is 24.3 Å². The lowest BCUT2D eigenvalue weighted by Crippen LogP contribution is -2.14. The van der Waals surface area contributed by atoms with Crippen LogP contribution in [0, 0.1) is 5.92 Å². The van der Waals surface area contributed by atoms with Crippen LogP contribution in [0.3, 0.4) is 0 Å².